The van der Waals surface area contributed by atoms with Gasteiger partial charge in [0.25, 0.3) is 5.91 Å². The molecule has 8 heteroatoms. The molecule has 1 aliphatic heterocycles. The van der Waals surface area contributed by atoms with E-state index in [1.165, 1.54) is 21.8 Å². The molecular weight excluding hydrogens is 474 g/mol. The van der Waals surface area contributed by atoms with Crippen LogP contribution in [-0.2, 0) is 11.2 Å². The van der Waals surface area contributed by atoms with Crippen molar-refractivity contribution in [3.63, 3.8) is 0 Å². The Bertz CT molecular complexity index is 1400. The first-order chi connectivity index (χ1) is 16.0. The third-order valence-corrected chi connectivity index (χ3v) is 7.75. The number of aromatic carboxylic acids is 1. The summed E-state index contributed by atoms with van der Waals surface area (Å²) in [6.07, 6.45) is 2.23. The molecule has 0 saturated carbocycles. The molecule has 5 rings (SSSR count). The first-order valence-electron chi connectivity index (χ1n) is 10.1. The van der Waals surface area contributed by atoms with Crippen LogP contribution in [0.5, 0.6) is 0 Å². The molecule has 33 heavy (non-hydrogen) atoms. The number of carbonyl (C=O) groups excluding carboxylic acids is 1. The van der Waals surface area contributed by atoms with Crippen LogP contribution < -0.4 is 0 Å². The van der Waals surface area contributed by atoms with E-state index in [1.54, 1.807) is 40.5 Å². The Morgan fingerprint density at radius 2 is 1.94 bits per heavy atom. The third kappa shape index (κ3) is 4.50. The summed E-state index contributed by atoms with van der Waals surface area (Å²) in [5, 5.41) is 10.3. The van der Waals surface area contributed by atoms with Gasteiger partial charge in [0.05, 0.1) is 15.3 Å². The number of nitrogens with zero attached hydrogens (tertiary/aromatic N) is 1. The van der Waals surface area contributed by atoms with Crippen LogP contribution in [0.15, 0.2) is 76.1 Å². The monoisotopic (exact) mass is 491 g/mol. The normalized spacial score (nSPS) is 15.2. The topological polar surface area (TPSA) is 70.8 Å². The zero-order chi connectivity index (χ0) is 22.9. The molecule has 4 aromatic rings. The largest absolute Gasteiger partial charge is 0.478 e. The van der Waals surface area contributed by atoms with Crippen molar-refractivity contribution in [2.45, 2.75) is 6.42 Å². The van der Waals surface area contributed by atoms with Gasteiger partial charge in [-0.25, -0.2) is 4.79 Å². The Kier molecular flexibility index (Phi) is 5.88. The van der Waals surface area contributed by atoms with E-state index >= 15 is 0 Å². The standard InChI is InChI=1S/C25H17NO4S3/c27-23-22(33-25(31)26(23)11-10-15-4-3-6-17(12-15)24(28)29)14-18-8-9-19(30-18)21-13-16-5-1-2-7-20(16)32-21/h1-9,12-14H,10-11H2,(H,28,29)/b22-14+. The van der Waals surface area contributed by atoms with Crippen LogP contribution in [0.1, 0.15) is 21.7 Å². The van der Waals surface area contributed by atoms with Crippen LogP contribution in [-0.4, -0.2) is 32.7 Å². The highest BCUT2D eigenvalue weighted by Crippen LogP contribution is 2.36. The van der Waals surface area contributed by atoms with Gasteiger partial charge in [0, 0.05) is 17.3 Å². The highest BCUT2D eigenvalue weighted by molar-refractivity contribution is 8.26. The molecule has 1 saturated heterocycles. The second-order valence-electron chi connectivity index (χ2n) is 7.44. The summed E-state index contributed by atoms with van der Waals surface area (Å²) in [4.78, 5) is 27.2. The van der Waals surface area contributed by atoms with Crippen LogP contribution in [0.2, 0.25) is 0 Å². The third-order valence-electron chi connectivity index (χ3n) is 5.24. The van der Waals surface area contributed by atoms with Crippen molar-refractivity contribution in [3.8, 4) is 10.6 Å². The summed E-state index contributed by atoms with van der Waals surface area (Å²) < 4.78 is 7.67. The fourth-order valence-corrected chi connectivity index (χ4v) is 5.90. The molecule has 1 aliphatic rings. The van der Waals surface area contributed by atoms with Gasteiger partial charge in [-0.15, -0.1) is 11.3 Å². The Hall–Kier alpha value is -3.20. The lowest BCUT2D eigenvalue weighted by atomic mass is 10.1. The molecule has 0 radical (unpaired) electrons. The number of rotatable bonds is 6. The molecule has 2 aromatic heterocycles. The first-order valence-corrected chi connectivity index (χ1v) is 12.2. The van der Waals surface area contributed by atoms with Gasteiger partial charge < -0.3 is 9.52 Å². The van der Waals surface area contributed by atoms with Crippen molar-refractivity contribution < 1.29 is 19.1 Å². The molecule has 0 spiro atoms. The second kappa shape index (κ2) is 8.97. The number of hydrogen-bond donors (Lipinski definition) is 1. The number of thiophene rings is 1. The first kappa shape index (κ1) is 21.6. The molecule has 0 atom stereocenters. The average molecular weight is 492 g/mol. The van der Waals surface area contributed by atoms with E-state index in [0.717, 1.165) is 16.2 Å². The molecule has 164 valence electrons. The van der Waals surface area contributed by atoms with Gasteiger partial charge in [0.1, 0.15) is 15.8 Å². The number of furan rings is 1. The summed E-state index contributed by atoms with van der Waals surface area (Å²) >= 11 is 8.33. The van der Waals surface area contributed by atoms with E-state index in [1.807, 2.05) is 30.3 Å². The zero-order valence-electron chi connectivity index (χ0n) is 17.2. The molecule has 0 unspecified atom stereocenters. The summed E-state index contributed by atoms with van der Waals surface area (Å²) in [6, 6.07) is 20.8. The van der Waals surface area contributed by atoms with Crippen molar-refractivity contribution >= 4 is 67.7 Å². The van der Waals surface area contributed by atoms with Crippen molar-refractivity contribution in [3.05, 3.63) is 88.5 Å². The minimum absolute atomic E-state index is 0.167. The van der Waals surface area contributed by atoms with Crippen molar-refractivity contribution in [2.24, 2.45) is 0 Å². The Labute approximate surface area is 203 Å². The maximum Gasteiger partial charge on any atom is 0.335 e. The van der Waals surface area contributed by atoms with Crippen molar-refractivity contribution in [1.82, 2.24) is 4.90 Å². The van der Waals surface area contributed by atoms with Gasteiger partial charge in [-0.2, -0.15) is 0 Å². The number of amides is 1. The van der Waals surface area contributed by atoms with E-state index in [0.29, 0.717) is 28.0 Å². The van der Waals surface area contributed by atoms with Gasteiger partial charge in [-0.1, -0.05) is 54.3 Å². The lowest BCUT2D eigenvalue weighted by Gasteiger charge is -2.14. The second-order valence-corrected chi connectivity index (χ2v) is 10.2. The summed E-state index contributed by atoms with van der Waals surface area (Å²) in [5.74, 6) is 0.214. The molecule has 1 fully saturated rings. The summed E-state index contributed by atoms with van der Waals surface area (Å²) in [5.41, 5.74) is 1.07. The number of hydrogen-bond acceptors (Lipinski definition) is 6. The van der Waals surface area contributed by atoms with Gasteiger partial charge in [-0.05, 0) is 53.8 Å². The van der Waals surface area contributed by atoms with Crippen molar-refractivity contribution in [2.75, 3.05) is 6.54 Å². The predicted molar refractivity (Wildman–Crippen MR) is 137 cm³/mol. The molecule has 2 aromatic carbocycles. The SMILES string of the molecule is O=C(O)c1cccc(CCN2C(=O)/C(=C\c3ccc(-c4cc5ccccc5s4)o3)SC2=S)c1. The Morgan fingerprint density at radius 1 is 1.09 bits per heavy atom. The zero-order valence-corrected chi connectivity index (χ0v) is 19.6. The quantitative estimate of drug-likeness (QED) is 0.252. The van der Waals surface area contributed by atoms with E-state index in [9.17, 15) is 9.59 Å². The number of fused-ring (bicyclic) bond motifs is 1. The number of benzene rings is 2. The maximum absolute atomic E-state index is 12.9. The molecule has 0 bridgehead atoms. The molecule has 1 amide bonds. The number of carboxylic acid groups (broad SMARTS) is 1. The van der Waals surface area contributed by atoms with Gasteiger partial charge >= 0.3 is 5.97 Å². The Morgan fingerprint density at radius 3 is 2.76 bits per heavy atom. The van der Waals surface area contributed by atoms with Crippen LogP contribution in [0.4, 0.5) is 0 Å². The van der Waals surface area contributed by atoms with Crippen molar-refractivity contribution in [1.29, 1.82) is 0 Å². The van der Waals surface area contributed by atoms with Gasteiger partial charge in [-0.3, -0.25) is 9.69 Å². The van der Waals surface area contributed by atoms with E-state index in [-0.39, 0.29) is 11.5 Å². The van der Waals surface area contributed by atoms with E-state index in [2.05, 4.69) is 18.2 Å². The number of carboxylic acids is 1. The number of thioether (sulfide) groups is 1. The van der Waals surface area contributed by atoms with Crippen LogP contribution >= 0.6 is 35.3 Å². The molecule has 0 aliphatic carbocycles. The minimum Gasteiger partial charge on any atom is -0.478 e. The fraction of sp³-hybridized carbons (Fsp3) is 0.0800. The summed E-state index contributed by atoms with van der Waals surface area (Å²) in [6.45, 7) is 0.385. The maximum atomic E-state index is 12.9. The highest BCUT2D eigenvalue weighted by atomic mass is 32.2. The van der Waals surface area contributed by atoms with Gasteiger partial charge in [0.2, 0.25) is 0 Å². The van der Waals surface area contributed by atoms with E-state index in [4.69, 9.17) is 21.7 Å². The van der Waals surface area contributed by atoms with Crippen LogP contribution in [0.3, 0.4) is 0 Å². The number of thiocarbonyl (C=S) groups is 1. The lowest BCUT2D eigenvalue weighted by Crippen LogP contribution is -2.30. The van der Waals surface area contributed by atoms with Crippen LogP contribution in [0.25, 0.3) is 26.8 Å². The lowest BCUT2D eigenvalue weighted by molar-refractivity contribution is -0.122. The fourth-order valence-electron chi connectivity index (χ4n) is 3.59. The smallest absolute Gasteiger partial charge is 0.335 e. The molecule has 5 nitrogen and oxygen atoms in total. The average Bonchev–Trinajstić information content (AvgIpc) is 3.51. The molecule has 3 heterocycles. The van der Waals surface area contributed by atoms with Crippen LogP contribution in [0, 0.1) is 0 Å². The number of carbonyl (C=O) groups is 2. The molecule has 1 N–H and O–H groups in total. The molecular formula is C25H17NO4S3. The predicted octanol–water partition coefficient (Wildman–Crippen LogP) is 6.30. The summed E-state index contributed by atoms with van der Waals surface area (Å²) in [7, 11) is 0. The Balaban J connectivity index is 1.30. The highest BCUT2D eigenvalue weighted by Gasteiger charge is 2.32. The van der Waals surface area contributed by atoms with E-state index < -0.39 is 5.97 Å². The minimum atomic E-state index is -0.973. The van der Waals surface area contributed by atoms with Gasteiger partial charge in [0.15, 0.2) is 0 Å².